The van der Waals surface area contributed by atoms with Gasteiger partial charge in [0.2, 0.25) is 0 Å². The number of para-hydroxylation sites is 3. The van der Waals surface area contributed by atoms with Gasteiger partial charge in [-0.3, -0.25) is 14.5 Å². The Morgan fingerprint density at radius 1 is 0.457 bits per heavy atom. The summed E-state index contributed by atoms with van der Waals surface area (Å²) in [6, 6.07) is 49.3. The van der Waals surface area contributed by atoms with Crippen molar-refractivity contribution in [3.8, 4) is 22.8 Å². The van der Waals surface area contributed by atoms with Crippen molar-refractivity contribution >= 4 is 65.4 Å². The van der Waals surface area contributed by atoms with Crippen molar-refractivity contribution in [2.75, 3.05) is 0 Å². The number of rotatable bonds is 3. The van der Waals surface area contributed by atoms with Gasteiger partial charge < -0.3 is 4.57 Å². The first-order valence-electron chi connectivity index (χ1n) is 15.4. The fraction of sp³-hybridized carbons (Fsp3) is 0. The van der Waals surface area contributed by atoms with Crippen LogP contribution in [-0.2, 0) is 0 Å². The van der Waals surface area contributed by atoms with E-state index in [1.54, 1.807) is 0 Å². The molecule has 0 unspecified atom stereocenters. The van der Waals surface area contributed by atoms with Crippen LogP contribution >= 0.6 is 0 Å². The number of aromatic nitrogens is 5. The second kappa shape index (κ2) is 9.58. The zero-order chi connectivity index (χ0) is 30.2. The average molecular weight is 588 g/mol. The predicted octanol–water partition coefficient (Wildman–Crippen LogP) is 10.0. The van der Waals surface area contributed by atoms with E-state index in [0.29, 0.717) is 0 Å². The fourth-order valence-electron chi connectivity index (χ4n) is 7.16. The maximum Gasteiger partial charge on any atom is 0.156 e. The molecular formula is C41H25N5. The summed E-state index contributed by atoms with van der Waals surface area (Å²) in [4.78, 5) is 14.5. The van der Waals surface area contributed by atoms with Crippen LogP contribution < -0.4 is 0 Å². The van der Waals surface area contributed by atoms with Crippen LogP contribution in [0, 0.1) is 0 Å². The molecule has 5 heteroatoms. The number of benzene rings is 6. The minimum absolute atomic E-state index is 0.799. The van der Waals surface area contributed by atoms with Crippen LogP contribution in [0.3, 0.4) is 0 Å². The minimum Gasteiger partial charge on any atom is -0.309 e. The highest BCUT2D eigenvalue weighted by atomic mass is 15.1. The second-order valence-electron chi connectivity index (χ2n) is 11.7. The monoisotopic (exact) mass is 587 g/mol. The third-order valence-corrected chi connectivity index (χ3v) is 9.20. The summed E-state index contributed by atoms with van der Waals surface area (Å²) in [5, 5.41) is 7.26. The SMILES string of the molecule is c1ccc(-c2ccc3c(c2)c2ccccc2n3-c2ccc3c4c5ccccc5ccc4n(-c4cnc5ccccc5n4)c3c2)nc1. The molecule has 0 atom stereocenters. The fourth-order valence-corrected chi connectivity index (χ4v) is 7.16. The molecule has 0 aliphatic rings. The highest BCUT2D eigenvalue weighted by Gasteiger charge is 2.19. The molecule has 4 heterocycles. The number of pyridine rings is 1. The first kappa shape index (κ1) is 25.0. The Bertz CT molecular complexity index is 2810. The van der Waals surface area contributed by atoms with Gasteiger partial charge in [0.1, 0.15) is 0 Å². The molecule has 0 saturated carbocycles. The molecule has 5 nitrogen and oxygen atoms in total. The van der Waals surface area contributed by atoms with Gasteiger partial charge >= 0.3 is 0 Å². The van der Waals surface area contributed by atoms with Gasteiger partial charge in [0, 0.05) is 39.0 Å². The topological polar surface area (TPSA) is 48.5 Å². The summed E-state index contributed by atoms with van der Waals surface area (Å²) >= 11 is 0. The summed E-state index contributed by atoms with van der Waals surface area (Å²) in [6.45, 7) is 0. The van der Waals surface area contributed by atoms with E-state index < -0.39 is 0 Å². The van der Waals surface area contributed by atoms with Crippen LogP contribution in [0.2, 0.25) is 0 Å². The lowest BCUT2D eigenvalue weighted by Crippen LogP contribution is -2.00. The average Bonchev–Trinajstić information content (AvgIpc) is 3.64. The first-order valence-corrected chi connectivity index (χ1v) is 15.4. The first-order chi connectivity index (χ1) is 22.8. The van der Waals surface area contributed by atoms with Crippen molar-refractivity contribution in [1.82, 2.24) is 24.1 Å². The van der Waals surface area contributed by atoms with E-state index >= 15 is 0 Å². The van der Waals surface area contributed by atoms with Crippen LogP contribution in [0.1, 0.15) is 0 Å². The van der Waals surface area contributed by atoms with Crippen molar-refractivity contribution in [3.05, 3.63) is 152 Å². The maximum atomic E-state index is 5.12. The molecule has 46 heavy (non-hydrogen) atoms. The van der Waals surface area contributed by atoms with Crippen LogP contribution in [0.25, 0.3) is 88.2 Å². The summed E-state index contributed by atoms with van der Waals surface area (Å²) in [7, 11) is 0. The van der Waals surface area contributed by atoms with Gasteiger partial charge in [-0.05, 0) is 71.4 Å². The molecule has 0 amide bonds. The van der Waals surface area contributed by atoms with Crippen LogP contribution in [0.5, 0.6) is 0 Å². The van der Waals surface area contributed by atoms with E-state index in [0.717, 1.165) is 55.9 Å². The molecule has 10 rings (SSSR count). The molecule has 214 valence electrons. The highest BCUT2D eigenvalue weighted by Crippen LogP contribution is 2.40. The summed E-state index contributed by atoms with van der Waals surface area (Å²) in [5.74, 6) is 0.799. The van der Waals surface area contributed by atoms with Crippen molar-refractivity contribution in [2.45, 2.75) is 0 Å². The maximum absolute atomic E-state index is 5.12. The number of hydrogen-bond acceptors (Lipinski definition) is 3. The van der Waals surface area contributed by atoms with E-state index in [1.165, 1.54) is 32.3 Å². The Morgan fingerprint density at radius 3 is 2.15 bits per heavy atom. The molecule has 4 aromatic heterocycles. The van der Waals surface area contributed by atoms with Gasteiger partial charge in [0.15, 0.2) is 5.82 Å². The largest absolute Gasteiger partial charge is 0.309 e. The summed E-state index contributed by atoms with van der Waals surface area (Å²) in [6.07, 6.45) is 3.74. The molecule has 6 aromatic carbocycles. The van der Waals surface area contributed by atoms with Gasteiger partial charge in [-0.15, -0.1) is 0 Å². The van der Waals surface area contributed by atoms with Crippen LogP contribution in [0.4, 0.5) is 0 Å². The zero-order valence-electron chi connectivity index (χ0n) is 24.7. The van der Waals surface area contributed by atoms with Gasteiger partial charge in [-0.25, -0.2) is 4.98 Å². The van der Waals surface area contributed by atoms with Gasteiger partial charge in [0.05, 0.1) is 45.0 Å². The molecule has 0 spiro atoms. The standard InChI is InChI=1S/C41H25N5/c1-2-10-29-26(9-1)16-21-38-41(29)31-19-18-28(24-39(31)46(38)40-25-43-34-13-4-5-14-35(34)44-40)45-36-15-6-3-11-30(36)32-23-27(17-20-37(32)45)33-12-7-8-22-42-33/h1-25H. The lowest BCUT2D eigenvalue weighted by molar-refractivity contribution is 1.07. The van der Waals surface area contributed by atoms with Crippen molar-refractivity contribution in [3.63, 3.8) is 0 Å². The third-order valence-electron chi connectivity index (χ3n) is 9.20. The molecule has 0 aliphatic heterocycles. The molecule has 0 radical (unpaired) electrons. The lowest BCUT2D eigenvalue weighted by atomic mass is 10.0. The summed E-state index contributed by atoms with van der Waals surface area (Å²) < 4.78 is 4.64. The van der Waals surface area contributed by atoms with Crippen LogP contribution in [0.15, 0.2) is 152 Å². The lowest BCUT2D eigenvalue weighted by Gasteiger charge is -2.11. The zero-order valence-corrected chi connectivity index (χ0v) is 24.7. The van der Waals surface area contributed by atoms with Crippen LogP contribution in [-0.4, -0.2) is 24.1 Å². The van der Waals surface area contributed by atoms with Gasteiger partial charge in [-0.1, -0.05) is 78.9 Å². The molecule has 0 fully saturated rings. The minimum atomic E-state index is 0.799. The Hall–Kier alpha value is -6.33. The Kier molecular flexibility index (Phi) is 5.22. The van der Waals surface area contributed by atoms with Crippen molar-refractivity contribution in [2.24, 2.45) is 0 Å². The van der Waals surface area contributed by atoms with E-state index in [4.69, 9.17) is 9.97 Å². The third kappa shape index (κ3) is 3.60. The predicted molar refractivity (Wildman–Crippen MR) is 189 cm³/mol. The van der Waals surface area contributed by atoms with Crippen molar-refractivity contribution < 1.29 is 0 Å². The quantitative estimate of drug-likeness (QED) is 0.207. The smallest absolute Gasteiger partial charge is 0.156 e. The molecule has 0 saturated heterocycles. The Morgan fingerprint density at radius 2 is 1.24 bits per heavy atom. The second-order valence-corrected chi connectivity index (χ2v) is 11.7. The van der Waals surface area contributed by atoms with E-state index in [9.17, 15) is 0 Å². The Labute approximate surface area is 263 Å². The van der Waals surface area contributed by atoms with E-state index in [1.807, 2.05) is 48.8 Å². The number of fused-ring (bicyclic) bond motifs is 9. The Balaban J connectivity index is 1.29. The molecule has 0 bridgehead atoms. The molecular weight excluding hydrogens is 562 g/mol. The van der Waals surface area contributed by atoms with E-state index in [2.05, 4.69) is 117 Å². The van der Waals surface area contributed by atoms with Gasteiger partial charge in [-0.2, -0.15) is 0 Å². The normalized spacial score (nSPS) is 11.9. The number of nitrogens with zero attached hydrogens (tertiary/aromatic N) is 5. The molecule has 10 aromatic rings. The number of hydrogen-bond donors (Lipinski definition) is 0. The summed E-state index contributed by atoms with van der Waals surface area (Å²) in [5.41, 5.74) is 9.43. The highest BCUT2D eigenvalue weighted by molar-refractivity contribution is 6.21. The van der Waals surface area contributed by atoms with Gasteiger partial charge in [0.25, 0.3) is 0 Å². The molecule has 0 aliphatic carbocycles. The van der Waals surface area contributed by atoms with E-state index in [-0.39, 0.29) is 0 Å². The van der Waals surface area contributed by atoms with Crippen molar-refractivity contribution in [1.29, 1.82) is 0 Å². The molecule has 0 N–H and O–H groups in total.